The number of benzene rings is 2. The summed E-state index contributed by atoms with van der Waals surface area (Å²) >= 11 is 0. The van der Waals surface area contributed by atoms with Crippen LogP contribution in [0.3, 0.4) is 0 Å². The topological polar surface area (TPSA) is 97.5 Å². The maximum absolute atomic E-state index is 12.3. The second-order valence-corrected chi connectivity index (χ2v) is 5.62. The lowest BCUT2D eigenvalue weighted by Gasteiger charge is -2.22. The first kappa shape index (κ1) is 20.8. The number of primary amides is 1. The highest BCUT2D eigenvalue weighted by Gasteiger charge is 2.18. The summed E-state index contributed by atoms with van der Waals surface area (Å²) in [5.41, 5.74) is 6.16. The van der Waals surface area contributed by atoms with Gasteiger partial charge in [0.05, 0.1) is 12.8 Å². The second kappa shape index (κ2) is 10.6. The Kier molecular flexibility index (Phi) is 8.43. The summed E-state index contributed by atoms with van der Waals surface area (Å²) in [6, 6.07) is 18.7. The van der Waals surface area contributed by atoms with E-state index in [4.69, 9.17) is 0 Å². The molecule has 2 aromatic carbocycles. The van der Waals surface area contributed by atoms with Gasteiger partial charge >= 0.3 is 0 Å². The molecule has 0 aliphatic carbocycles. The Morgan fingerprint density at radius 3 is 1.38 bits per heavy atom. The molecule has 2 amide bonds. The first-order valence-corrected chi connectivity index (χ1v) is 8.01. The van der Waals surface area contributed by atoms with Crippen LogP contribution in [0.2, 0.25) is 0 Å². The number of hydrogen-bond donors (Lipinski definition) is 1. The lowest BCUT2D eigenvalue weighted by Crippen LogP contribution is -2.27. The van der Waals surface area contributed by atoms with E-state index < -0.39 is 5.91 Å². The molecular weight excluding hydrogens is 332 g/mol. The number of carbonyl (C=O) groups excluding carboxylic acids is 4. The summed E-state index contributed by atoms with van der Waals surface area (Å²) in [7, 11) is 0. The zero-order valence-corrected chi connectivity index (χ0v) is 14.8. The van der Waals surface area contributed by atoms with E-state index in [0.717, 1.165) is 11.4 Å². The van der Waals surface area contributed by atoms with Crippen LogP contribution in [-0.4, -0.2) is 23.4 Å². The van der Waals surface area contributed by atoms with Gasteiger partial charge in [0.15, 0.2) is 0 Å². The number of amides is 2. The van der Waals surface area contributed by atoms with Gasteiger partial charge in [0.2, 0.25) is 11.8 Å². The Balaban J connectivity index is 0.000000412. The quantitative estimate of drug-likeness (QED) is 0.807. The van der Waals surface area contributed by atoms with Crippen LogP contribution in [0.4, 0.5) is 11.4 Å². The highest BCUT2D eigenvalue weighted by molar-refractivity contribution is 6.08. The first-order valence-electron chi connectivity index (χ1n) is 8.01. The van der Waals surface area contributed by atoms with Crippen molar-refractivity contribution in [1.82, 2.24) is 0 Å². The van der Waals surface area contributed by atoms with Crippen molar-refractivity contribution < 1.29 is 19.2 Å². The van der Waals surface area contributed by atoms with Crippen LogP contribution in [0.5, 0.6) is 0 Å². The van der Waals surface area contributed by atoms with E-state index in [0.29, 0.717) is 0 Å². The van der Waals surface area contributed by atoms with E-state index in [1.165, 1.54) is 13.8 Å². The molecule has 0 fully saturated rings. The first-order chi connectivity index (χ1) is 12.3. The van der Waals surface area contributed by atoms with Gasteiger partial charge in [-0.15, -0.1) is 0 Å². The monoisotopic (exact) mass is 354 g/mol. The standard InChI is InChI=1S/C16H15NO2.C4H7NO2/c1-13(18)12-16(19)17(14-8-4-2-5-9-14)15-10-6-3-7-11-15;1-3(6)2-4(5)7/h2-11H,12H2,1H3;2H2,1H3,(H2,5,7). The summed E-state index contributed by atoms with van der Waals surface area (Å²) in [5, 5.41) is 0. The molecule has 0 bridgehead atoms. The van der Waals surface area contributed by atoms with Crippen LogP contribution in [0.15, 0.2) is 60.7 Å². The minimum atomic E-state index is -0.562. The third kappa shape index (κ3) is 7.53. The molecule has 2 rings (SSSR count). The van der Waals surface area contributed by atoms with Crippen LogP contribution in [0, 0.1) is 0 Å². The van der Waals surface area contributed by atoms with E-state index in [1.807, 2.05) is 60.7 Å². The SMILES string of the molecule is CC(=O)CC(=O)N(c1ccccc1)c1ccccc1.CC(=O)CC(N)=O. The molecule has 0 saturated heterocycles. The van der Waals surface area contributed by atoms with Crippen molar-refractivity contribution in [3.63, 3.8) is 0 Å². The maximum Gasteiger partial charge on any atom is 0.238 e. The number of anilines is 2. The van der Waals surface area contributed by atoms with Crippen LogP contribution in [0.1, 0.15) is 26.7 Å². The van der Waals surface area contributed by atoms with E-state index >= 15 is 0 Å². The molecule has 6 nitrogen and oxygen atoms in total. The third-order valence-corrected chi connectivity index (χ3v) is 3.10. The van der Waals surface area contributed by atoms with Crippen molar-refractivity contribution in [1.29, 1.82) is 0 Å². The summed E-state index contributed by atoms with van der Waals surface area (Å²) < 4.78 is 0. The molecule has 26 heavy (non-hydrogen) atoms. The van der Waals surface area contributed by atoms with Crippen molar-refractivity contribution in [2.45, 2.75) is 26.7 Å². The van der Waals surface area contributed by atoms with E-state index in [2.05, 4.69) is 5.73 Å². The number of rotatable bonds is 6. The fraction of sp³-hybridized carbons (Fsp3) is 0.200. The average molecular weight is 354 g/mol. The lowest BCUT2D eigenvalue weighted by molar-refractivity contribution is -0.126. The molecule has 2 N–H and O–H groups in total. The molecule has 0 unspecified atom stereocenters. The Bertz CT molecular complexity index is 706. The molecular formula is C20H22N2O4. The Labute approximate surface area is 152 Å². The van der Waals surface area contributed by atoms with Crippen LogP contribution in [-0.2, 0) is 19.2 Å². The summed E-state index contributed by atoms with van der Waals surface area (Å²) in [4.78, 5) is 44.8. The molecule has 0 heterocycles. The van der Waals surface area contributed by atoms with Gasteiger partial charge in [-0.1, -0.05) is 36.4 Å². The average Bonchev–Trinajstić information content (AvgIpc) is 2.55. The summed E-state index contributed by atoms with van der Waals surface area (Å²) in [6.07, 6.45) is -0.232. The Morgan fingerprint density at radius 1 is 0.731 bits per heavy atom. The molecule has 0 spiro atoms. The number of Topliss-reactive ketones (excluding diaryl/α,β-unsaturated/α-hetero) is 2. The molecule has 136 valence electrons. The number of nitrogens with zero attached hydrogens (tertiary/aromatic N) is 1. The number of hydrogen-bond acceptors (Lipinski definition) is 4. The minimum absolute atomic E-state index is 0.0935. The lowest BCUT2D eigenvalue weighted by atomic mass is 10.2. The molecule has 0 saturated carbocycles. The van der Waals surface area contributed by atoms with Gasteiger partial charge in [0, 0.05) is 11.4 Å². The van der Waals surface area contributed by atoms with Crippen molar-refractivity contribution in [2.75, 3.05) is 4.90 Å². The summed E-state index contributed by atoms with van der Waals surface area (Å²) in [6.45, 7) is 2.75. The predicted octanol–water partition coefficient (Wildman–Crippen LogP) is 2.78. The molecule has 0 aromatic heterocycles. The van der Waals surface area contributed by atoms with E-state index in [-0.39, 0.29) is 30.3 Å². The van der Waals surface area contributed by atoms with E-state index in [1.54, 1.807) is 4.90 Å². The predicted molar refractivity (Wildman–Crippen MR) is 99.8 cm³/mol. The zero-order valence-electron chi connectivity index (χ0n) is 14.8. The van der Waals surface area contributed by atoms with Crippen LogP contribution >= 0.6 is 0 Å². The van der Waals surface area contributed by atoms with Crippen molar-refractivity contribution in [3.8, 4) is 0 Å². The highest BCUT2D eigenvalue weighted by Crippen LogP contribution is 2.25. The normalized spacial score (nSPS) is 9.46. The second-order valence-electron chi connectivity index (χ2n) is 5.62. The number of para-hydroxylation sites is 2. The minimum Gasteiger partial charge on any atom is -0.369 e. The van der Waals surface area contributed by atoms with Gasteiger partial charge in [0.1, 0.15) is 11.6 Å². The van der Waals surface area contributed by atoms with Gasteiger partial charge in [-0.05, 0) is 38.1 Å². The molecule has 0 aliphatic rings. The highest BCUT2D eigenvalue weighted by atomic mass is 16.2. The van der Waals surface area contributed by atoms with Gasteiger partial charge in [-0.25, -0.2) is 0 Å². The molecule has 0 radical (unpaired) electrons. The smallest absolute Gasteiger partial charge is 0.238 e. The third-order valence-electron chi connectivity index (χ3n) is 3.10. The molecule has 0 aliphatic heterocycles. The molecule has 2 aromatic rings. The Morgan fingerprint density at radius 2 is 1.12 bits per heavy atom. The largest absolute Gasteiger partial charge is 0.369 e. The fourth-order valence-electron chi connectivity index (χ4n) is 2.13. The van der Waals surface area contributed by atoms with E-state index in [9.17, 15) is 19.2 Å². The van der Waals surface area contributed by atoms with Crippen molar-refractivity contribution in [2.24, 2.45) is 5.73 Å². The maximum atomic E-state index is 12.3. The van der Waals surface area contributed by atoms with Gasteiger partial charge in [-0.3, -0.25) is 24.1 Å². The van der Waals surface area contributed by atoms with Gasteiger partial charge in [0.25, 0.3) is 0 Å². The summed E-state index contributed by atoms with van der Waals surface area (Å²) in [5.74, 6) is -1.10. The van der Waals surface area contributed by atoms with Crippen LogP contribution in [0.25, 0.3) is 0 Å². The molecule has 6 heteroatoms. The fourth-order valence-corrected chi connectivity index (χ4v) is 2.13. The number of carbonyl (C=O) groups is 4. The Hall–Kier alpha value is -3.28. The van der Waals surface area contributed by atoms with Gasteiger partial charge in [-0.2, -0.15) is 0 Å². The van der Waals surface area contributed by atoms with Crippen molar-refractivity contribution >= 4 is 34.8 Å². The zero-order chi connectivity index (χ0) is 19.5. The molecule has 0 atom stereocenters. The number of nitrogens with two attached hydrogens (primary N) is 1. The van der Waals surface area contributed by atoms with Gasteiger partial charge < -0.3 is 5.73 Å². The number of ketones is 2. The van der Waals surface area contributed by atoms with Crippen molar-refractivity contribution in [3.05, 3.63) is 60.7 Å². The van der Waals surface area contributed by atoms with Crippen LogP contribution < -0.4 is 10.6 Å².